The van der Waals surface area contributed by atoms with E-state index in [0.29, 0.717) is 12.6 Å². The lowest BCUT2D eigenvalue weighted by Crippen LogP contribution is -2.38. The van der Waals surface area contributed by atoms with Crippen LogP contribution in [0.5, 0.6) is 0 Å². The van der Waals surface area contributed by atoms with Crippen LogP contribution in [-0.2, 0) is 4.79 Å². The molecule has 1 aliphatic heterocycles. The molecule has 1 amide bonds. The van der Waals surface area contributed by atoms with Crippen molar-refractivity contribution in [2.45, 2.75) is 25.3 Å². The minimum atomic E-state index is -0.0328. The van der Waals surface area contributed by atoms with E-state index in [4.69, 9.17) is 0 Å². The molecule has 0 aliphatic carbocycles. The van der Waals surface area contributed by atoms with Crippen LogP contribution in [-0.4, -0.2) is 44.0 Å². The summed E-state index contributed by atoms with van der Waals surface area (Å²) in [4.78, 5) is 14.4. The Labute approximate surface area is 115 Å². The van der Waals surface area contributed by atoms with E-state index in [-0.39, 0.29) is 11.8 Å². The van der Waals surface area contributed by atoms with Crippen LogP contribution < -0.4 is 10.6 Å². The number of amides is 1. The number of benzene rings is 1. The summed E-state index contributed by atoms with van der Waals surface area (Å²) in [7, 11) is 4.02. The molecule has 2 atom stereocenters. The van der Waals surface area contributed by atoms with Gasteiger partial charge in [0.1, 0.15) is 0 Å². The molecule has 0 bridgehead atoms. The predicted octanol–water partition coefficient (Wildman–Crippen LogP) is 1.65. The summed E-state index contributed by atoms with van der Waals surface area (Å²) >= 11 is 0. The fourth-order valence-electron chi connectivity index (χ4n) is 2.51. The third-order valence-electron chi connectivity index (χ3n) is 3.50. The van der Waals surface area contributed by atoms with Crippen molar-refractivity contribution in [1.29, 1.82) is 0 Å². The van der Waals surface area contributed by atoms with E-state index in [0.717, 1.165) is 24.2 Å². The zero-order valence-electron chi connectivity index (χ0n) is 11.9. The lowest BCUT2D eigenvalue weighted by Gasteiger charge is -2.30. The van der Waals surface area contributed by atoms with Gasteiger partial charge in [-0.05, 0) is 39.1 Å². The zero-order chi connectivity index (χ0) is 13.8. The van der Waals surface area contributed by atoms with Crippen molar-refractivity contribution in [2.75, 3.05) is 32.5 Å². The van der Waals surface area contributed by atoms with Crippen LogP contribution >= 0.6 is 0 Å². The highest BCUT2D eigenvalue weighted by molar-refractivity contribution is 5.86. The normalized spacial score (nSPS) is 21.7. The number of para-hydroxylation sites is 1. The van der Waals surface area contributed by atoms with E-state index in [2.05, 4.69) is 22.5 Å². The minimum Gasteiger partial charge on any atom is -0.382 e. The first-order chi connectivity index (χ1) is 9.08. The molecule has 4 nitrogen and oxygen atoms in total. The summed E-state index contributed by atoms with van der Waals surface area (Å²) in [5.74, 6) is 0.109. The van der Waals surface area contributed by atoms with Crippen molar-refractivity contribution >= 4 is 11.6 Å². The van der Waals surface area contributed by atoms with Crippen LogP contribution in [0, 0.1) is 0 Å². The molecule has 1 aromatic rings. The number of likely N-dealkylation sites (N-methyl/N-ethyl adjacent to an activating group) is 1. The van der Waals surface area contributed by atoms with Crippen LogP contribution in [0.2, 0.25) is 0 Å². The number of carbonyl (C=O) groups is 1. The van der Waals surface area contributed by atoms with Gasteiger partial charge in [-0.2, -0.15) is 0 Å². The van der Waals surface area contributed by atoms with Gasteiger partial charge < -0.3 is 15.5 Å². The maximum Gasteiger partial charge on any atom is 0.227 e. The number of fused-ring (bicyclic) bond motifs is 1. The fraction of sp³-hybridized carbons (Fsp3) is 0.533. The number of carbonyl (C=O) groups excluding carboxylic acids is 1. The van der Waals surface area contributed by atoms with E-state index < -0.39 is 0 Å². The highest BCUT2D eigenvalue weighted by Gasteiger charge is 2.29. The molecule has 0 radical (unpaired) electrons. The third-order valence-corrected chi connectivity index (χ3v) is 3.50. The molecule has 104 valence electrons. The average molecular weight is 261 g/mol. The maximum atomic E-state index is 12.3. The SMILES string of the molecule is CC1CC(C(=O)NCCN(C)C)c2ccccc2N1. The molecule has 0 saturated heterocycles. The van der Waals surface area contributed by atoms with Gasteiger partial charge in [-0.3, -0.25) is 4.79 Å². The second-order valence-electron chi connectivity index (χ2n) is 5.52. The van der Waals surface area contributed by atoms with Crippen LogP contribution in [0.3, 0.4) is 0 Å². The van der Waals surface area contributed by atoms with Crippen LogP contribution in [0.25, 0.3) is 0 Å². The Bertz CT molecular complexity index is 445. The summed E-state index contributed by atoms with van der Waals surface area (Å²) in [6.45, 7) is 3.69. The second-order valence-corrected chi connectivity index (χ2v) is 5.52. The molecule has 2 unspecified atom stereocenters. The molecule has 0 saturated carbocycles. The Kier molecular flexibility index (Phi) is 4.43. The quantitative estimate of drug-likeness (QED) is 0.866. The molecule has 19 heavy (non-hydrogen) atoms. The highest BCUT2D eigenvalue weighted by Crippen LogP contribution is 2.33. The standard InChI is InChI=1S/C15H23N3O/c1-11-10-13(15(19)16-8-9-18(2)3)12-6-4-5-7-14(12)17-11/h4-7,11,13,17H,8-10H2,1-3H3,(H,16,19). The Balaban J connectivity index is 2.05. The monoisotopic (exact) mass is 261 g/mol. The van der Waals surface area contributed by atoms with Gasteiger partial charge in [-0.15, -0.1) is 0 Å². The smallest absolute Gasteiger partial charge is 0.227 e. The lowest BCUT2D eigenvalue weighted by molar-refractivity contribution is -0.122. The lowest BCUT2D eigenvalue weighted by atomic mass is 9.87. The van der Waals surface area contributed by atoms with E-state index in [1.54, 1.807) is 0 Å². The van der Waals surface area contributed by atoms with Gasteiger partial charge in [0.15, 0.2) is 0 Å². The summed E-state index contributed by atoms with van der Waals surface area (Å²) in [5, 5.41) is 6.47. The Morgan fingerprint density at radius 2 is 2.16 bits per heavy atom. The number of rotatable bonds is 4. The van der Waals surface area contributed by atoms with E-state index in [1.165, 1.54) is 0 Å². The Morgan fingerprint density at radius 3 is 2.89 bits per heavy atom. The first-order valence-electron chi connectivity index (χ1n) is 6.86. The van der Waals surface area contributed by atoms with Crippen molar-refractivity contribution in [3.8, 4) is 0 Å². The van der Waals surface area contributed by atoms with Crippen molar-refractivity contribution in [3.63, 3.8) is 0 Å². The maximum absolute atomic E-state index is 12.3. The predicted molar refractivity (Wildman–Crippen MR) is 78.4 cm³/mol. The first kappa shape index (κ1) is 13.9. The molecule has 1 heterocycles. The minimum absolute atomic E-state index is 0.0328. The number of nitrogens with zero attached hydrogens (tertiary/aromatic N) is 1. The molecular formula is C15H23N3O. The van der Waals surface area contributed by atoms with Crippen molar-refractivity contribution < 1.29 is 4.79 Å². The summed E-state index contributed by atoms with van der Waals surface area (Å²) in [6.07, 6.45) is 0.852. The van der Waals surface area contributed by atoms with Crippen LogP contribution in [0.15, 0.2) is 24.3 Å². The van der Waals surface area contributed by atoms with Gasteiger partial charge in [0, 0.05) is 24.8 Å². The molecule has 1 aliphatic rings. The van der Waals surface area contributed by atoms with Crippen molar-refractivity contribution in [1.82, 2.24) is 10.2 Å². The number of hydrogen-bond donors (Lipinski definition) is 2. The third kappa shape index (κ3) is 3.47. The summed E-state index contributed by atoms with van der Waals surface area (Å²) in [6, 6.07) is 8.43. The van der Waals surface area contributed by atoms with Crippen molar-refractivity contribution in [3.05, 3.63) is 29.8 Å². The number of anilines is 1. The summed E-state index contributed by atoms with van der Waals surface area (Å²) in [5.41, 5.74) is 2.21. The van der Waals surface area contributed by atoms with Gasteiger partial charge in [0.25, 0.3) is 0 Å². The molecule has 0 aromatic heterocycles. The summed E-state index contributed by atoms with van der Waals surface area (Å²) < 4.78 is 0. The van der Waals surface area contributed by atoms with E-state index in [1.807, 2.05) is 38.4 Å². The molecule has 0 spiro atoms. The molecule has 1 aromatic carbocycles. The topological polar surface area (TPSA) is 44.4 Å². The Hall–Kier alpha value is -1.55. The number of nitrogens with one attached hydrogen (secondary N) is 2. The molecule has 2 rings (SSSR count). The number of hydrogen-bond acceptors (Lipinski definition) is 3. The van der Waals surface area contributed by atoms with E-state index >= 15 is 0 Å². The molecule has 0 fully saturated rings. The van der Waals surface area contributed by atoms with Gasteiger partial charge in [0.05, 0.1) is 5.92 Å². The van der Waals surface area contributed by atoms with Crippen LogP contribution in [0.1, 0.15) is 24.8 Å². The van der Waals surface area contributed by atoms with Gasteiger partial charge in [-0.1, -0.05) is 18.2 Å². The van der Waals surface area contributed by atoms with Gasteiger partial charge >= 0.3 is 0 Å². The molecular weight excluding hydrogens is 238 g/mol. The van der Waals surface area contributed by atoms with E-state index in [9.17, 15) is 4.79 Å². The van der Waals surface area contributed by atoms with Gasteiger partial charge in [0.2, 0.25) is 5.91 Å². The largest absolute Gasteiger partial charge is 0.382 e. The van der Waals surface area contributed by atoms with Gasteiger partial charge in [-0.25, -0.2) is 0 Å². The highest BCUT2D eigenvalue weighted by atomic mass is 16.1. The first-order valence-corrected chi connectivity index (χ1v) is 6.86. The fourth-order valence-corrected chi connectivity index (χ4v) is 2.51. The average Bonchev–Trinajstić information content (AvgIpc) is 2.37. The zero-order valence-corrected chi connectivity index (χ0v) is 11.9. The molecule has 2 N–H and O–H groups in total. The Morgan fingerprint density at radius 1 is 1.42 bits per heavy atom. The van der Waals surface area contributed by atoms with Crippen molar-refractivity contribution in [2.24, 2.45) is 0 Å². The molecule has 4 heteroatoms. The second kappa shape index (κ2) is 6.06. The van der Waals surface area contributed by atoms with Crippen LogP contribution in [0.4, 0.5) is 5.69 Å².